The van der Waals surface area contributed by atoms with E-state index in [1.54, 1.807) is 0 Å². The van der Waals surface area contributed by atoms with Crippen molar-refractivity contribution in [3.8, 4) is 0 Å². The van der Waals surface area contributed by atoms with Crippen LogP contribution >= 0.6 is 11.6 Å². The number of nitrogens with zero attached hydrogens (tertiary/aromatic N) is 1. The molecule has 1 fully saturated rings. The fourth-order valence-electron chi connectivity index (χ4n) is 1.94. The second-order valence-corrected chi connectivity index (χ2v) is 4.41. The maximum atomic E-state index is 8.91. The van der Waals surface area contributed by atoms with E-state index in [2.05, 4.69) is 11.2 Å². The van der Waals surface area contributed by atoms with Crippen LogP contribution in [0.5, 0.6) is 0 Å². The van der Waals surface area contributed by atoms with E-state index in [9.17, 15) is 0 Å². The Bertz CT molecular complexity index is 420. The summed E-state index contributed by atoms with van der Waals surface area (Å²) in [4.78, 5) is 0. The van der Waals surface area contributed by atoms with Gasteiger partial charge in [-0.3, -0.25) is 0 Å². The van der Waals surface area contributed by atoms with Crippen molar-refractivity contribution in [2.24, 2.45) is 5.16 Å². The number of hydrogen-bond donors (Lipinski definition) is 1. The minimum atomic E-state index is 0.738. The summed E-state index contributed by atoms with van der Waals surface area (Å²) in [6, 6.07) is 7.68. The summed E-state index contributed by atoms with van der Waals surface area (Å²) < 4.78 is 0. The standard InChI is InChI=1S/C13H14ClNO/c14-12-7-5-10(6-8-12)9-11-3-1-2-4-13(11)15-16/h5-9,16H,1-4H2/b11-9+,15-13+. The summed E-state index contributed by atoms with van der Waals surface area (Å²) in [5.41, 5.74) is 3.06. The molecule has 1 N–H and O–H groups in total. The first-order valence-corrected chi connectivity index (χ1v) is 5.85. The third-order valence-electron chi connectivity index (χ3n) is 2.81. The van der Waals surface area contributed by atoms with Crippen LogP contribution in [0, 0.1) is 0 Å². The van der Waals surface area contributed by atoms with Crippen LogP contribution in [-0.4, -0.2) is 10.9 Å². The molecular formula is C13H14ClNO. The number of oxime groups is 1. The highest BCUT2D eigenvalue weighted by Gasteiger charge is 2.13. The van der Waals surface area contributed by atoms with Crippen molar-refractivity contribution in [3.05, 3.63) is 40.4 Å². The molecule has 2 rings (SSSR count). The molecule has 0 saturated heterocycles. The molecule has 0 unspecified atom stereocenters. The zero-order valence-corrected chi connectivity index (χ0v) is 9.74. The zero-order valence-electron chi connectivity index (χ0n) is 8.99. The Balaban J connectivity index is 2.25. The van der Waals surface area contributed by atoms with Gasteiger partial charge in [-0.1, -0.05) is 28.9 Å². The molecule has 0 bridgehead atoms. The third kappa shape index (κ3) is 2.64. The van der Waals surface area contributed by atoms with Crippen molar-refractivity contribution >= 4 is 23.4 Å². The summed E-state index contributed by atoms with van der Waals surface area (Å²) in [6.45, 7) is 0. The van der Waals surface area contributed by atoms with Crippen LogP contribution in [0.3, 0.4) is 0 Å². The molecule has 1 saturated carbocycles. The fraction of sp³-hybridized carbons (Fsp3) is 0.308. The molecule has 0 spiro atoms. The van der Waals surface area contributed by atoms with Crippen LogP contribution < -0.4 is 0 Å². The van der Waals surface area contributed by atoms with Gasteiger partial charge in [0, 0.05) is 5.02 Å². The Labute approximate surface area is 100 Å². The summed E-state index contributed by atoms with van der Waals surface area (Å²) in [7, 11) is 0. The highest BCUT2D eigenvalue weighted by molar-refractivity contribution is 6.30. The van der Waals surface area contributed by atoms with Crippen LogP contribution in [0.1, 0.15) is 31.2 Å². The van der Waals surface area contributed by atoms with Gasteiger partial charge >= 0.3 is 0 Å². The molecule has 1 aliphatic carbocycles. The number of halogens is 1. The molecule has 0 heterocycles. The number of allylic oxidation sites excluding steroid dienone is 1. The van der Waals surface area contributed by atoms with Gasteiger partial charge in [0.1, 0.15) is 0 Å². The van der Waals surface area contributed by atoms with Gasteiger partial charge in [-0.05, 0) is 55.0 Å². The van der Waals surface area contributed by atoms with Gasteiger partial charge < -0.3 is 5.21 Å². The van der Waals surface area contributed by atoms with Crippen molar-refractivity contribution in [2.75, 3.05) is 0 Å². The highest BCUT2D eigenvalue weighted by atomic mass is 35.5. The zero-order chi connectivity index (χ0) is 11.4. The smallest absolute Gasteiger partial charge is 0.0827 e. The summed E-state index contributed by atoms with van der Waals surface area (Å²) in [6.07, 6.45) is 6.21. The van der Waals surface area contributed by atoms with Crippen LogP contribution in [0.2, 0.25) is 5.02 Å². The van der Waals surface area contributed by atoms with Crippen molar-refractivity contribution in [3.63, 3.8) is 0 Å². The minimum Gasteiger partial charge on any atom is -0.411 e. The normalized spacial score (nSPS) is 21.6. The van der Waals surface area contributed by atoms with E-state index >= 15 is 0 Å². The van der Waals surface area contributed by atoms with Crippen molar-refractivity contribution in [1.29, 1.82) is 0 Å². The van der Waals surface area contributed by atoms with Crippen molar-refractivity contribution in [2.45, 2.75) is 25.7 Å². The first kappa shape index (κ1) is 11.2. The maximum Gasteiger partial charge on any atom is 0.0827 e. The van der Waals surface area contributed by atoms with E-state index in [1.165, 1.54) is 6.42 Å². The van der Waals surface area contributed by atoms with Crippen LogP contribution in [-0.2, 0) is 0 Å². The molecule has 1 aliphatic rings. The SMILES string of the molecule is O/N=C1\CCCC\C1=C/c1ccc(Cl)cc1. The van der Waals surface area contributed by atoms with E-state index in [-0.39, 0.29) is 0 Å². The predicted molar refractivity (Wildman–Crippen MR) is 67.1 cm³/mol. The Morgan fingerprint density at radius 1 is 1.12 bits per heavy atom. The molecule has 1 aromatic rings. The van der Waals surface area contributed by atoms with Gasteiger partial charge in [0.25, 0.3) is 0 Å². The van der Waals surface area contributed by atoms with Crippen molar-refractivity contribution < 1.29 is 5.21 Å². The Hall–Kier alpha value is -1.28. The quantitative estimate of drug-likeness (QED) is 0.576. The van der Waals surface area contributed by atoms with Gasteiger partial charge in [-0.25, -0.2) is 0 Å². The second-order valence-electron chi connectivity index (χ2n) is 3.97. The van der Waals surface area contributed by atoms with E-state index < -0.39 is 0 Å². The Morgan fingerprint density at radius 2 is 1.81 bits per heavy atom. The first-order chi connectivity index (χ1) is 7.79. The molecule has 0 aliphatic heterocycles. The van der Waals surface area contributed by atoms with Gasteiger partial charge in [-0.15, -0.1) is 0 Å². The predicted octanol–water partition coefficient (Wildman–Crippen LogP) is 4.13. The van der Waals surface area contributed by atoms with Gasteiger partial charge in [-0.2, -0.15) is 0 Å². The van der Waals surface area contributed by atoms with Crippen LogP contribution in [0.25, 0.3) is 6.08 Å². The molecule has 0 aromatic heterocycles. The highest BCUT2D eigenvalue weighted by Crippen LogP contribution is 2.23. The van der Waals surface area contributed by atoms with Gasteiger partial charge in [0.2, 0.25) is 0 Å². The Kier molecular flexibility index (Phi) is 3.62. The number of rotatable bonds is 1. The molecule has 1 aromatic carbocycles. The maximum absolute atomic E-state index is 8.91. The Morgan fingerprint density at radius 3 is 2.50 bits per heavy atom. The lowest BCUT2D eigenvalue weighted by atomic mass is 9.91. The van der Waals surface area contributed by atoms with E-state index in [1.807, 2.05) is 24.3 Å². The minimum absolute atomic E-state index is 0.738. The largest absolute Gasteiger partial charge is 0.411 e. The van der Waals surface area contributed by atoms with Gasteiger partial charge in [0.05, 0.1) is 5.71 Å². The molecule has 0 radical (unpaired) electrons. The lowest BCUT2D eigenvalue weighted by Crippen LogP contribution is -2.08. The lowest BCUT2D eigenvalue weighted by Gasteiger charge is -2.15. The van der Waals surface area contributed by atoms with E-state index in [0.29, 0.717) is 0 Å². The van der Waals surface area contributed by atoms with Crippen LogP contribution in [0.4, 0.5) is 0 Å². The number of benzene rings is 1. The van der Waals surface area contributed by atoms with E-state index in [4.69, 9.17) is 16.8 Å². The van der Waals surface area contributed by atoms with E-state index in [0.717, 1.165) is 41.1 Å². The number of hydrogen-bond acceptors (Lipinski definition) is 2. The summed E-state index contributed by atoms with van der Waals surface area (Å²) in [5, 5.41) is 13.0. The van der Waals surface area contributed by atoms with Crippen molar-refractivity contribution in [1.82, 2.24) is 0 Å². The third-order valence-corrected chi connectivity index (χ3v) is 3.06. The topological polar surface area (TPSA) is 32.6 Å². The second kappa shape index (κ2) is 5.17. The summed E-state index contributed by atoms with van der Waals surface area (Å²) in [5.74, 6) is 0. The monoisotopic (exact) mass is 235 g/mol. The van der Waals surface area contributed by atoms with Crippen LogP contribution in [0.15, 0.2) is 35.0 Å². The average Bonchev–Trinajstić information content (AvgIpc) is 2.33. The molecule has 2 nitrogen and oxygen atoms in total. The molecule has 16 heavy (non-hydrogen) atoms. The molecular weight excluding hydrogens is 222 g/mol. The molecule has 0 amide bonds. The average molecular weight is 236 g/mol. The lowest BCUT2D eigenvalue weighted by molar-refractivity contribution is 0.316. The fourth-order valence-corrected chi connectivity index (χ4v) is 2.07. The molecule has 84 valence electrons. The molecule has 3 heteroatoms. The first-order valence-electron chi connectivity index (χ1n) is 5.47. The van der Waals surface area contributed by atoms with Gasteiger partial charge in [0.15, 0.2) is 0 Å². The molecule has 0 atom stereocenters. The summed E-state index contributed by atoms with van der Waals surface area (Å²) >= 11 is 5.83.